The second-order valence-corrected chi connectivity index (χ2v) is 4.74. The van der Waals surface area contributed by atoms with Crippen LogP contribution in [0.15, 0.2) is 16.6 Å². The molecule has 2 rings (SSSR count). The van der Waals surface area contributed by atoms with Crippen molar-refractivity contribution in [2.75, 3.05) is 0 Å². The Bertz CT molecular complexity index is 566. The summed E-state index contributed by atoms with van der Waals surface area (Å²) in [5.41, 5.74) is 0.720. The van der Waals surface area contributed by atoms with Gasteiger partial charge >= 0.3 is 0 Å². The van der Waals surface area contributed by atoms with Gasteiger partial charge < -0.3 is 4.57 Å². The van der Waals surface area contributed by atoms with Gasteiger partial charge in [-0.05, 0) is 18.0 Å². The van der Waals surface area contributed by atoms with E-state index in [1.54, 1.807) is 0 Å². The number of thiazole rings is 1. The molecule has 0 saturated heterocycles. The molecule has 2 heterocycles. The highest BCUT2D eigenvalue weighted by Crippen LogP contribution is 2.12. The van der Waals surface area contributed by atoms with Crippen molar-refractivity contribution >= 4 is 28.8 Å². The van der Waals surface area contributed by atoms with Crippen LogP contribution >= 0.6 is 22.9 Å². The number of carbonyl (C=O) groups excluding carboxylic acids is 1. The molecule has 0 fully saturated rings. The molecule has 16 heavy (non-hydrogen) atoms. The fourth-order valence-electron chi connectivity index (χ4n) is 1.17. The minimum absolute atomic E-state index is 0.259. The molecule has 0 unspecified atom stereocenters. The first-order chi connectivity index (χ1) is 7.72. The number of rotatable bonds is 2. The van der Waals surface area contributed by atoms with E-state index < -0.39 is 0 Å². The number of aromatic nitrogens is 3. The van der Waals surface area contributed by atoms with Crippen LogP contribution < -0.4 is 4.80 Å². The quantitative estimate of drug-likeness (QED) is 0.810. The van der Waals surface area contributed by atoms with Crippen LogP contribution in [0, 0.1) is 0 Å². The molecule has 0 aliphatic rings. The average molecular weight is 254 g/mol. The maximum Gasteiger partial charge on any atom is 0.293 e. The maximum atomic E-state index is 11.9. The lowest BCUT2D eigenvalue weighted by molar-refractivity contribution is 0.100. The van der Waals surface area contributed by atoms with E-state index in [4.69, 9.17) is 0 Å². The summed E-state index contributed by atoms with van der Waals surface area (Å²) >= 11 is 2.53. The van der Waals surface area contributed by atoms with Crippen LogP contribution in [-0.2, 0) is 13.5 Å². The van der Waals surface area contributed by atoms with Crippen molar-refractivity contribution in [2.24, 2.45) is 12.0 Å². The summed E-state index contributed by atoms with van der Waals surface area (Å²) in [5, 5.41) is 5.78. The Labute approximate surface area is 100 Å². The predicted molar refractivity (Wildman–Crippen MR) is 62.5 cm³/mol. The third kappa shape index (κ3) is 2.10. The molecule has 0 aliphatic heterocycles. The third-order valence-electron chi connectivity index (χ3n) is 2.04. The molecule has 0 aliphatic carbocycles. The van der Waals surface area contributed by atoms with Crippen molar-refractivity contribution in [3.8, 4) is 0 Å². The number of hydrogen-bond donors (Lipinski definition) is 0. The van der Waals surface area contributed by atoms with Crippen molar-refractivity contribution in [1.29, 1.82) is 0 Å². The van der Waals surface area contributed by atoms with Gasteiger partial charge in [-0.1, -0.05) is 11.4 Å². The Kier molecular flexibility index (Phi) is 3.25. The van der Waals surface area contributed by atoms with Gasteiger partial charge in [0, 0.05) is 18.6 Å². The summed E-state index contributed by atoms with van der Waals surface area (Å²) in [7, 11) is 1.86. The van der Waals surface area contributed by atoms with Crippen molar-refractivity contribution < 1.29 is 4.79 Å². The van der Waals surface area contributed by atoms with Crippen LogP contribution in [0.5, 0.6) is 0 Å². The van der Waals surface area contributed by atoms with Gasteiger partial charge in [-0.25, -0.2) is 0 Å². The van der Waals surface area contributed by atoms with Crippen molar-refractivity contribution in [1.82, 2.24) is 14.2 Å². The second-order valence-electron chi connectivity index (χ2n) is 3.12. The molecule has 1 amide bonds. The molecule has 0 atom stereocenters. The van der Waals surface area contributed by atoms with Gasteiger partial charge in [0.2, 0.25) is 0 Å². The number of aryl methyl sites for hydroxylation is 2. The Morgan fingerprint density at radius 1 is 1.62 bits per heavy atom. The molecule has 84 valence electrons. The largest absolute Gasteiger partial charge is 0.327 e. The highest BCUT2D eigenvalue weighted by molar-refractivity contribution is 7.08. The van der Waals surface area contributed by atoms with Gasteiger partial charge in [0.15, 0.2) is 4.80 Å². The van der Waals surface area contributed by atoms with Crippen LogP contribution in [0.25, 0.3) is 0 Å². The zero-order chi connectivity index (χ0) is 11.5. The van der Waals surface area contributed by atoms with Gasteiger partial charge in [-0.3, -0.25) is 4.79 Å². The van der Waals surface area contributed by atoms with Gasteiger partial charge in [-0.15, -0.1) is 16.4 Å². The fraction of sp³-hybridized carbons (Fsp3) is 0.333. The van der Waals surface area contributed by atoms with Crippen molar-refractivity contribution in [2.45, 2.75) is 13.3 Å². The summed E-state index contributed by atoms with van der Waals surface area (Å²) in [5.74, 6) is -0.259. The summed E-state index contributed by atoms with van der Waals surface area (Å²) in [4.78, 5) is 17.1. The Morgan fingerprint density at radius 3 is 3.06 bits per heavy atom. The first-order valence-electron chi connectivity index (χ1n) is 4.72. The number of hydrogen-bond acceptors (Lipinski definition) is 5. The van der Waals surface area contributed by atoms with E-state index in [2.05, 4.69) is 14.6 Å². The average Bonchev–Trinajstić information content (AvgIpc) is 2.87. The van der Waals surface area contributed by atoms with Gasteiger partial charge in [-0.2, -0.15) is 4.99 Å². The minimum Gasteiger partial charge on any atom is -0.327 e. The Hall–Kier alpha value is -1.34. The van der Waals surface area contributed by atoms with E-state index in [-0.39, 0.29) is 5.91 Å². The highest BCUT2D eigenvalue weighted by atomic mass is 32.1. The molecule has 5 nitrogen and oxygen atoms in total. The van der Waals surface area contributed by atoms with Crippen LogP contribution in [0.1, 0.15) is 22.3 Å². The van der Waals surface area contributed by atoms with E-state index >= 15 is 0 Å². The van der Waals surface area contributed by atoms with Gasteiger partial charge in [0.05, 0.1) is 5.69 Å². The lowest BCUT2D eigenvalue weighted by atomic mass is 10.3. The zero-order valence-corrected chi connectivity index (χ0v) is 10.5. The highest BCUT2D eigenvalue weighted by Gasteiger charge is 2.14. The Morgan fingerprint density at radius 2 is 2.44 bits per heavy atom. The summed E-state index contributed by atoms with van der Waals surface area (Å²) in [6, 6.07) is 0. The normalized spacial score (nSPS) is 12.0. The van der Waals surface area contributed by atoms with Crippen LogP contribution in [0.3, 0.4) is 0 Å². The number of carbonyl (C=O) groups is 1. The number of nitrogens with zero attached hydrogens (tertiary/aromatic N) is 4. The molecule has 7 heteroatoms. The third-order valence-corrected chi connectivity index (χ3v) is 3.65. The van der Waals surface area contributed by atoms with E-state index in [0.717, 1.165) is 17.2 Å². The lowest BCUT2D eigenvalue weighted by Gasteiger charge is -1.92. The predicted octanol–water partition coefficient (Wildman–Crippen LogP) is 1.24. The Balaban J connectivity index is 2.38. The number of amides is 1. The summed E-state index contributed by atoms with van der Waals surface area (Å²) < 4.78 is 5.58. The monoisotopic (exact) mass is 254 g/mol. The van der Waals surface area contributed by atoms with Gasteiger partial charge in [0.25, 0.3) is 5.91 Å². The van der Waals surface area contributed by atoms with Crippen molar-refractivity contribution in [3.05, 3.63) is 26.9 Å². The summed E-state index contributed by atoms with van der Waals surface area (Å²) in [6.07, 6.45) is 2.56. The van der Waals surface area contributed by atoms with E-state index in [1.807, 2.05) is 30.1 Å². The molecular weight excluding hydrogens is 244 g/mol. The van der Waals surface area contributed by atoms with Crippen LogP contribution in [-0.4, -0.2) is 20.1 Å². The van der Waals surface area contributed by atoms with E-state index in [1.165, 1.54) is 11.3 Å². The molecule has 0 spiro atoms. The van der Waals surface area contributed by atoms with Gasteiger partial charge in [0.1, 0.15) is 4.88 Å². The summed E-state index contributed by atoms with van der Waals surface area (Å²) in [6.45, 7) is 1.94. The smallest absolute Gasteiger partial charge is 0.293 e. The van der Waals surface area contributed by atoms with Crippen molar-refractivity contribution in [3.63, 3.8) is 0 Å². The fourth-order valence-corrected chi connectivity index (χ4v) is 2.54. The molecule has 0 N–H and O–H groups in total. The SMILES string of the molecule is CCc1nnsc1C(=O)N=c1sccn1C. The topological polar surface area (TPSA) is 60.1 Å². The lowest BCUT2D eigenvalue weighted by Crippen LogP contribution is -2.12. The molecule has 0 bridgehead atoms. The molecule has 2 aromatic rings. The van der Waals surface area contributed by atoms with E-state index in [9.17, 15) is 4.79 Å². The first-order valence-corrected chi connectivity index (χ1v) is 6.38. The molecule has 0 aromatic carbocycles. The van der Waals surface area contributed by atoms with E-state index in [0.29, 0.717) is 16.1 Å². The first kappa shape index (κ1) is 11.2. The molecule has 0 saturated carbocycles. The minimum atomic E-state index is -0.259. The standard InChI is InChI=1S/C9H10N4OS2/c1-3-6-7(16-12-11-6)8(14)10-9-13(2)4-5-15-9/h4-5H,3H2,1-2H3. The molecular formula is C9H10N4OS2. The second kappa shape index (κ2) is 4.67. The zero-order valence-electron chi connectivity index (χ0n) is 8.88. The van der Waals surface area contributed by atoms with Crippen LogP contribution in [0.2, 0.25) is 0 Å². The maximum absolute atomic E-state index is 11.9. The molecule has 0 radical (unpaired) electrons. The van der Waals surface area contributed by atoms with Crippen LogP contribution in [0.4, 0.5) is 0 Å². The molecule has 2 aromatic heterocycles.